The fourth-order valence-electron chi connectivity index (χ4n) is 0.944. The maximum absolute atomic E-state index is 11.1. The van der Waals surface area contributed by atoms with Crippen LogP contribution in [0.15, 0.2) is 0 Å². The fraction of sp³-hybridized carbons (Fsp3) is 1.00. The van der Waals surface area contributed by atoms with Crippen molar-refractivity contribution in [2.45, 2.75) is 39.5 Å². The molecule has 0 aromatic carbocycles. The van der Waals surface area contributed by atoms with E-state index in [4.69, 9.17) is 0 Å². The molecule has 0 heterocycles. The van der Waals surface area contributed by atoms with Gasteiger partial charge in [0.25, 0.3) is 0 Å². The van der Waals surface area contributed by atoms with Crippen LogP contribution in [0.5, 0.6) is 0 Å². The predicted octanol–water partition coefficient (Wildman–Crippen LogP) is 2.48. The zero-order valence-corrected chi connectivity index (χ0v) is 10.2. The minimum atomic E-state index is -2.71. The zero-order valence-electron chi connectivity index (χ0n) is 8.12. The summed E-state index contributed by atoms with van der Waals surface area (Å²) >= 11 is 0. The van der Waals surface area contributed by atoms with Gasteiger partial charge in [-0.3, -0.25) is 4.57 Å². The standard InChI is InChI=1S/C8H19O2P.Al/c1-3-5-6-7-8-11(9,10)4-2;/h3-8H2,1-2H3,(H,9,10);. The lowest BCUT2D eigenvalue weighted by atomic mass is 10.2. The minimum absolute atomic E-state index is 0. The predicted molar refractivity (Wildman–Crippen MR) is 55.1 cm³/mol. The molecule has 2 nitrogen and oxygen atoms in total. The molecule has 0 saturated carbocycles. The minimum Gasteiger partial charge on any atom is -0.344 e. The first-order valence-corrected chi connectivity index (χ1v) is 6.46. The topological polar surface area (TPSA) is 37.3 Å². The van der Waals surface area contributed by atoms with E-state index >= 15 is 0 Å². The lowest BCUT2D eigenvalue weighted by Crippen LogP contribution is -1.91. The van der Waals surface area contributed by atoms with Gasteiger partial charge in [-0.2, -0.15) is 0 Å². The van der Waals surface area contributed by atoms with Crippen LogP contribution in [0.25, 0.3) is 0 Å². The summed E-state index contributed by atoms with van der Waals surface area (Å²) in [5, 5.41) is 0. The van der Waals surface area contributed by atoms with Crippen LogP contribution in [0.1, 0.15) is 39.5 Å². The van der Waals surface area contributed by atoms with Crippen molar-refractivity contribution >= 4 is 24.7 Å². The van der Waals surface area contributed by atoms with Crippen LogP contribution in [0.4, 0.5) is 0 Å². The van der Waals surface area contributed by atoms with Gasteiger partial charge in [0.05, 0.1) is 0 Å². The van der Waals surface area contributed by atoms with E-state index in [0.717, 1.165) is 12.8 Å². The highest BCUT2D eigenvalue weighted by Crippen LogP contribution is 2.40. The van der Waals surface area contributed by atoms with Crippen LogP contribution >= 0.6 is 7.37 Å². The van der Waals surface area contributed by atoms with Crippen LogP contribution < -0.4 is 0 Å². The zero-order chi connectivity index (χ0) is 8.74. The highest BCUT2D eigenvalue weighted by molar-refractivity contribution is 7.57. The van der Waals surface area contributed by atoms with E-state index in [1.165, 1.54) is 12.8 Å². The van der Waals surface area contributed by atoms with Crippen molar-refractivity contribution in [2.75, 3.05) is 12.3 Å². The van der Waals surface area contributed by atoms with Crippen molar-refractivity contribution in [1.29, 1.82) is 0 Å². The molecule has 12 heavy (non-hydrogen) atoms. The van der Waals surface area contributed by atoms with Crippen molar-refractivity contribution in [1.82, 2.24) is 0 Å². The van der Waals surface area contributed by atoms with Gasteiger partial charge in [-0.25, -0.2) is 0 Å². The van der Waals surface area contributed by atoms with Gasteiger partial charge in [0.1, 0.15) is 0 Å². The van der Waals surface area contributed by atoms with Gasteiger partial charge < -0.3 is 4.89 Å². The molecule has 71 valence electrons. The van der Waals surface area contributed by atoms with Crippen LogP contribution in [-0.2, 0) is 4.57 Å². The summed E-state index contributed by atoms with van der Waals surface area (Å²) < 4.78 is 11.1. The molecule has 1 N–H and O–H groups in total. The Hall–Kier alpha value is 0.722. The van der Waals surface area contributed by atoms with E-state index in [1.54, 1.807) is 6.92 Å². The quantitative estimate of drug-likeness (QED) is 0.411. The molecule has 0 aliphatic rings. The van der Waals surface area contributed by atoms with Gasteiger partial charge in [0.15, 0.2) is 7.37 Å². The SMILES string of the molecule is CCCCCCP(=O)(O)CC.[Al]. The number of hydrogen-bond donors (Lipinski definition) is 1. The molecule has 0 aromatic heterocycles. The van der Waals surface area contributed by atoms with Crippen molar-refractivity contribution in [3.8, 4) is 0 Å². The Morgan fingerprint density at radius 2 is 1.75 bits per heavy atom. The monoisotopic (exact) mass is 205 g/mol. The first kappa shape index (κ1) is 15.2. The fourth-order valence-corrected chi connectivity index (χ4v) is 1.98. The molecule has 3 radical (unpaired) electrons. The maximum atomic E-state index is 11.1. The van der Waals surface area contributed by atoms with Crippen LogP contribution in [0.2, 0.25) is 0 Å². The summed E-state index contributed by atoms with van der Waals surface area (Å²) in [7, 11) is -2.71. The first-order valence-electron chi connectivity index (χ1n) is 4.43. The lowest BCUT2D eigenvalue weighted by Gasteiger charge is -2.07. The smallest absolute Gasteiger partial charge is 0.200 e. The Morgan fingerprint density at radius 3 is 2.17 bits per heavy atom. The second kappa shape index (κ2) is 8.33. The van der Waals surface area contributed by atoms with Gasteiger partial charge in [-0.05, 0) is 6.42 Å². The highest BCUT2D eigenvalue weighted by Gasteiger charge is 2.12. The molecule has 0 spiro atoms. The molecular weight excluding hydrogens is 186 g/mol. The van der Waals surface area contributed by atoms with E-state index in [9.17, 15) is 9.46 Å². The van der Waals surface area contributed by atoms with Gasteiger partial charge >= 0.3 is 0 Å². The summed E-state index contributed by atoms with van der Waals surface area (Å²) in [5.41, 5.74) is 0. The van der Waals surface area contributed by atoms with Crippen molar-refractivity contribution < 1.29 is 9.46 Å². The molecule has 0 rings (SSSR count). The number of rotatable bonds is 6. The van der Waals surface area contributed by atoms with Gasteiger partial charge in [0.2, 0.25) is 0 Å². The molecule has 4 heteroatoms. The summed E-state index contributed by atoms with van der Waals surface area (Å²) in [4.78, 5) is 9.18. The number of unbranched alkanes of at least 4 members (excludes halogenated alkanes) is 3. The van der Waals surface area contributed by atoms with Gasteiger partial charge in [-0.15, -0.1) is 0 Å². The molecule has 1 atom stereocenters. The molecule has 1 unspecified atom stereocenters. The summed E-state index contributed by atoms with van der Waals surface area (Å²) in [5.74, 6) is 0. The number of hydrogen-bond acceptors (Lipinski definition) is 1. The third-order valence-corrected chi connectivity index (χ3v) is 3.86. The Balaban J connectivity index is 0. The average molecular weight is 205 g/mol. The molecule has 0 aromatic rings. The largest absolute Gasteiger partial charge is 0.344 e. The van der Waals surface area contributed by atoms with Crippen LogP contribution in [-0.4, -0.2) is 34.6 Å². The third-order valence-electron chi connectivity index (χ3n) is 1.86. The molecule has 0 amide bonds. The molecular formula is C8H19AlO2P. The summed E-state index contributed by atoms with van der Waals surface area (Å²) in [6.45, 7) is 3.92. The van der Waals surface area contributed by atoms with Crippen LogP contribution in [0, 0.1) is 0 Å². The van der Waals surface area contributed by atoms with Crippen molar-refractivity contribution in [2.24, 2.45) is 0 Å². The van der Waals surface area contributed by atoms with Crippen molar-refractivity contribution in [3.63, 3.8) is 0 Å². The highest BCUT2D eigenvalue weighted by atomic mass is 31.2. The molecule has 0 saturated heterocycles. The van der Waals surface area contributed by atoms with Crippen LogP contribution in [0.3, 0.4) is 0 Å². The first-order chi connectivity index (χ1) is 5.12. The van der Waals surface area contributed by atoms with E-state index in [1.807, 2.05) is 0 Å². The van der Waals surface area contributed by atoms with E-state index < -0.39 is 7.37 Å². The molecule has 0 aliphatic carbocycles. The third kappa shape index (κ3) is 8.82. The maximum Gasteiger partial charge on any atom is 0.200 e. The Labute approximate surface area is 86.3 Å². The summed E-state index contributed by atoms with van der Waals surface area (Å²) in [6, 6.07) is 0. The lowest BCUT2D eigenvalue weighted by molar-refractivity contribution is 0.475. The van der Waals surface area contributed by atoms with E-state index in [-0.39, 0.29) is 17.4 Å². The summed E-state index contributed by atoms with van der Waals surface area (Å²) in [6.07, 6.45) is 5.32. The molecule has 0 fully saturated rings. The van der Waals surface area contributed by atoms with Crippen molar-refractivity contribution in [3.05, 3.63) is 0 Å². The Bertz CT molecular complexity index is 139. The average Bonchev–Trinajstić information content (AvgIpc) is 1.99. The Kier molecular flexibility index (Phi) is 10.6. The van der Waals surface area contributed by atoms with Gasteiger partial charge in [-0.1, -0.05) is 33.1 Å². The second-order valence-corrected chi connectivity index (χ2v) is 5.72. The van der Waals surface area contributed by atoms with E-state index in [0.29, 0.717) is 12.3 Å². The molecule has 0 aliphatic heterocycles. The normalized spacial score (nSPS) is 14.9. The van der Waals surface area contributed by atoms with Gasteiger partial charge in [0, 0.05) is 29.7 Å². The second-order valence-electron chi connectivity index (χ2n) is 2.95. The Morgan fingerprint density at radius 1 is 1.17 bits per heavy atom. The molecule has 0 bridgehead atoms. The van der Waals surface area contributed by atoms with E-state index in [2.05, 4.69) is 6.92 Å².